The molecule has 1 aliphatic carbocycles. The Morgan fingerprint density at radius 3 is 2.57 bits per heavy atom. The van der Waals surface area contributed by atoms with Crippen molar-refractivity contribution in [3.8, 4) is 6.07 Å². The number of benzene rings is 2. The number of urea groups is 1. The van der Waals surface area contributed by atoms with E-state index in [0.717, 1.165) is 17.0 Å². The second-order valence-corrected chi connectivity index (χ2v) is 10.8. The number of allylic oxidation sites excluding steroid dienone is 2. The van der Waals surface area contributed by atoms with Crippen LogP contribution in [0, 0.1) is 17.2 Å². The number of carbonyl (C=O) groups is 3. The van der Waals surface area contributed by atoms with Gasteiger partial charge in [-0.3, -0.25) is 19.5 Å². The number of aliphatic imine (C=N–C) groups is 1. The molecule has 3 aliphatic heterocycles. The summed E-state index contributed by atoms with van der Waals surface area (Å²) in [4.78, 5) is 50.1. The molecule has 42 heavy (non-hydrogen) atoms. The van der Waals surface area contributed by atoms with Gasteiger partial charge in [-0.05, 0) is 54.8 Å². The molecular weight excluding hydrogens is 547 g/mol. The lowest BCUT2D eigenvalue weighted by Crippen LogP contribution is -2.54. The molecule has 3 amide bonds. The van der Waals surface area contributed by atoms with E-state index in [1.54, 1.807) is 35.4 Å². The zero-order valence-electron chi connectivity index (χ0n) is 22.4. The van der Waals surface area contributed by atoms with Crippen LogP contribution in [0.1, 0.15) is 42.0 Å². The van der Waals surface area contributed by atoms with Crippen LogP contribution in [0.15, 0.2) is 76.9 Å². The maximum Gasteiger partial charge on any atom is 0.416 e. The number of alkyl halides is 3. The summed E-state index contributed by atoms with van der Waals surface area (Å²) in [7, 11) is 0. The van der Waals surface area contributed by atoms with Crippen molar-refractivity contribution in [2.75, 3.05) is 24.5 Å². The zero-order chi connectivity index (χ0) is 29.6. The number of amides is 3. The maximum absolute atomic E-state index is 14.3. The molecule has 0 spiro atoms. The van der Waals surface area contributed by atoms with Crippen molar-refractivity contribution in [3.63, 3.8) is 0 Å². The third-order valence-electron chi connectivity index (χ3n) is 8.22. The van der Waals surface area contributed by atoms with Gasteiger partial charge in [0.2, 0.25) is 5.91 Å². The summed E-state index contributed by atoms with van der Waals surface area (Å²) in [6, 6.07) is 11.2. The molecule has 4 aliphatic rings. The number of fused-ring (bicyclic) bond motifs is 1. The Balaban J connectivity index is 1.45. The van der Waals surface area contributed by atoms with Gasteiger partial charge in [-0.25, -0.2) is 4.79 Å². The molecule has 0 radical (unpaired) electrons. The van der Waals surface area contributed by atoms with Gasteiger partial charge in [0, 0.05) is 42.9 Å². The Labute approximate surface area is 240 Å². The maximum atomic E-state index is 14.3. The van der Waals surface area contributed by atoms with E-state index in [1.165, 1.54) is 17.0 Å². The molecular formula is C31H26F3N5O3. The molecule has 1 saturated heterocycles. The van der Waals surface area contributed by atoms with Crippen molar-refractivity contribution in [2.24, 2.45) is 10.9 Å². The lowest BCUT2D eigenvalue weighted by atomic mass is 9.83. The molecule has 1 fully saturated rings. The summed E-state index contributed by atoms with van der Waals surface area (Å²) in [5.74, 6) is -0.531. The summed E-state index contributed by atoms with van der Waals surface area (Å²) in [6.07, 6.45) is 1.82. The van der Waals surface area contributed by atoms with Crippen LogP contribution in [0.2, 0.25) is 0 Å². The number of rotatable bonds is 4. The van der Waals surface area contributed by atoms with Crippen molar-refractivity contribution in [2.45, 2.75) is 37.5 Å². The number of halogens is 3. The Bertz CT molecular complexity index is 1570. The van der Waals surface area contributed by atoms with Gasteiger partial charge in [0.25, 0.3) is 0 Å². The zero-order valence-corrected chi connectivity index (χ0v) is 22.4. The Hall–Kier alpha value is -4.72. The molecule has 3 heterocycles. The standard InChI is InChI=1S/C31H26F3N5O3/c32-31(33,34)22-5-1-6-23(14-22)39-25-7-2-8-26(40)28(25)29(20-11-9-19(15-35)10-12-20)38(30(39)42)18-27(41)37-16-21-4-3-13-36-24(21)17-37/h1,3-6,9-14,21,24,29H,2,7-8,16-18H2. The molecule has 2 aromatic carbocycles. The topological polar surface area (TPSA) is 97.1 Å². The highest BCUT2D eigenvalue weighted by Gasteiger charge is 2.46. The number of carbonyl (C=O) groups excluding carboxylic acids is 3. The van der Waals surface area contributed by atoms with E-state index < -0.39 is 30.4 Å². The van der Waals surface area contributed by atoms with E-state index in [0.29, 0.717) is 42.8 Å². The van der Waals surface area contributed by atoms with Gasteiger partial charge >= 0.3 is 12.2 Å². The van der Waals surface area contributed by atoms with Crippen LogP contribution < -0.4 is 4.90 Å². The quantitative estimate of drug-likeness (QED) is 0.512. The Morgan fingerprint density at radius 2 is 1.86 bits per heavy atom. The summed E-state index contributed by atoms with van der Waals surface area (Å²) in [5.41, 5.74) is 0.566. The molecule has 0 N–H and O–H groups in total. The van der Waals surface area contributed by atoms with E-state index in [2.05, 4.69) is 4.99 Å². The van der Waals surface area contributed by atoms with Crippen molar-refractivity contribution in [1.82, 2.24) is 9.80 Å². The van der Waals surface area contributed by atoms with Crippen molar-refractivity contribution < 1.29 is 27.6 Å². The number of ketones is 1. The molecule has 3 unspecified atom stereocenters. The van der Waals surface area contributed by atoms with Gasteiger partial charge in [0.15, 0.2) is 5.78 Å². The number of hydrogen-bond acceptors (Lipinski definition) is 5. The minimum Gasteiger partial charge on any atom is -0.338 e. The summed E-state index contributed by atoms with van der Waals surface area (Å²) < 4.78 is 41.0. The summed E-state index contributed by atoms with van der Waals surface area (Å²) >= 11 is 0. The molecule has 0 saturated carbocycles. The van der Waals surface area contributed by atoms with Crippen LogP contribution in [-0.4, -0.2) is 59.4 Å². The summed E-state index contributed by atoms with van der Waals surface area (Å²) in [6.45, 7) is 0.402. The normalized spacial score (nSPS) is 23.7. The van der Waals surface area contributed by atoms with Crippen molar-refractivity contribution in [1.29, 1.82) is 5.26 Å². The molecule has 2 aromatic rings. The highest BCUT2D eigenvalue weighted by Crippen LogP contribution is 2.45. The average molecular weight is 574 g/mol. The van der Waals surface area contributed by atoms with E-state index >= 15 is 0 Å². The number of likely N-dealkylation sites (tertiary alicyclic amines) is 1. The highest BCUT2D eigenvalue weighted by atomic mass is 19.4. The first-order chi connectivity index (χ1) is 20.2. The van der Waals surface area contributed by atoms with Gasteiger partial charge in [0.1, 0.15) is 6.54 Å². The SMILES string of the molecule is N#Cc1ccc(C2C3=C(CCCC3=O)N(c3cccc(C(F)(F)F)c3)C(=O)N2CC(=O)N2CC3C=CC=NC3C2)cc1. The number of Topliss-reactive ketones (excluding diaryl/α,β-unsaturated/α-hetero) is 1. The van der Waals surface area contributed by atoms with Gasteiger partial charge in [0.05, 0.1) is 35.0 Å². The lowest BCUT2D eigenvalue weighted by molar-refractivity contribution is -0.137. The molecule has 8 nitrogen and oxygen atoms in total. The van der Waals surface area contributed by atoms with Crippen LogP contribution >= 0.6 is 0 Å². The first kappa shape index (κ1) is 27.4. The molecule has 11 heteroatoms. The molecule has 214 valence electrons. The number of nitriles is 1. The fourth-order valence-corrected chi connectivity index (χ4v) is 6.19. The van der Waals surface area contributed by atoms with Gasteiger partial charge < -0.3 is 9.80 Å². The van der Waals surface area contributed by atoms with Gasteiger partial charge in [-0.1, -0.05) is 24.3 Å². The van der Waals surface area contributed by atoms with Crippen LogP contribution in [-0.2, 0) is 15.8 Å². The average Bonchev–Trinajstić information content (AvgIpc) is 3.42. The van der Waals surface area contributed by atoms with Crippen LogP contribution in [0.4, 0.5) is 23.7 Å². The minimum atomic E-state index is -4.64. The Kier molecular flexibility index (Phi) is 6.93. The first-order valence-electron chi connectivity index (χ1n) is 13.7. The monoisotopic (exact) mass is 573 g/mol. The largest absolute Gasteiger partial charge is 0.416 e. The van der Waals surface area contributed by atoms with E-state index in [1.807, 2.05) is 18.2 Å². The molecule has 0 bridgehead atoms. The molecule has 0 aromatic heterocycles. The number of nitrogens with zero attached hydrogens (tertiary/aromatic N) is 5. The first-order valence-corrected chi connectivity index (χ1v) is 13.7. The second-order valence-electron chi connectivity index (χ2n) is 10.8. The predicted octanol–water partition coefficient (Wildman–Crippen LogP) is 5.04. The van der Waals surface area contributed by atoms with Gasteiger partial charge in [-0.15, -0.1) is 0 Å². The van der Waals surface area contributed by atoms with E-state index in [-0.39, 0.29) is 41.3 Å². The third-order valence-corrected chi connectivity index (χ3v) is 8.22. The van der Waals surface area contributed by atoms with E-state index in [4.69, 9.17) is 0 Å². The lowest BCUT2D eigenvalue weighted by Gasteiger charge is -2.45. The van der Waals surface area contributed by atoms with Crippen LogP contribution in [0.25, 0.3) is 0 Å². The van der Waals surface area contributed by atoms with Crippen molar-refractivity contribution >= 4 is 29.6 Å². The highest BCUT2D eigenvalue weighted by molar-refractivity contribution is 6.07. The van der Waals surface area contributed by atoms with Crippen molar-refractivity contribution in [3.05, 3.63) is 88.6 Å². The fourth-order valence-electron chi connectivity index (χ4n) is 6.19. The third kappa shape index (κ3) is 4.87. The fraction of sp³-hybridized carbons (Fsp3) is 0.323. The van der Waals surface area contributed by atoms with Crippen LogP contribution in [0.5, 0.6) is 0 Å². The van der Waals surface area contributed by atoms with Crippen LogP contribution in [0.3, 0.4) is 0 Å². The number of anilines is 1. The minimum absolute atomic E-state index is 0.0283. The second kappa shape index (κ2) is 10.6. The predicted molar refractivity (Wildman–Crippen MR) is 147 cm³/mol. The number of dihydropyridines is 1. The summed E-state index contributed by atoms with van der Waals surface area (Å²) in [5, 5.41) is 9.30. The van der Waals surface area contributed by atoms with E-state index in [9.17, 15) is 32.8 Å². The molecule has 3 atom stereocenters. The smallest absolute Gasteiger partial charge is 0.338 e. The molecule has 6 rings (SSSR count). The van der Waals surface area contributed by atoms with Gasteiger partial charge in [-0.2, -0.15) is 18.4 Å². The number of hydrogen-bond donors (Lipinski definition) is 0. The Morgan fingerprint density at radius 1 is 1.07 bits per heavy atom.